The third-order valence-corrected chi connectivity index (χ3v) is 4.01. The molecule has 0 heterocycles. The molecule has 0 saturated heterocycles. The lowest BCUT2D eigenvalue weighted by atomic mass is 10.2. The van der Waals surface area contributed by atoms with E-state index in [4.69, 9.17) is 23.2 Å². The maximum absolute atomic E-state index is 6.06. The molecule has 114 valence electrons. The Morgan fingerprint density at radius 2 is 1.26 bits per heavy atom. The van der Waals surface area contributed by atoms with Crippen LogP contribution in [0.1, 0.15) is 5.56 Å². The second kappa shape index (κ2) is 7.32. The highest BCUT2D eigenvalue weighted by Gasteiger charge is 2.06. The summed E-state index contributed by atoms with van der Waals surface area (Å²) in [5.41, 5.74) is 2.85. The van der Waals surface area contributed by atoms with E-state index >= 15 is 0 Å². The molecule has 0 bridgehead atoms. The molecule has 0 unspecified atom stereocenters. The van der Waals surface area contributed by atoms with Crippen LogP contribution < -0.4 is 5.01 Å². The quantitative estimate of drug-likeness (QED) is 0.409. The van der Waals surface area contributed by atoms with Gasteiger partial charge < -0.3 is 0 Å². The number of rotatable bonds is 4. The summed E-state index contributed by atoms with van der Waals surface area (Å²) in [5, 5.41) is 7.54. The van der Waals surface area contributed by atoms with Crippen molar-refractivity contribution < 1.29 is 0 Å². The molecule has 3 aromatic rings. The molecule has 3 rings (SSSR count). The SMILES string of the molecule is Clc1ccc(/C=N/N(c2ccccc2)c2ccccc2)cc1Cl. The van der Waals surface area contributed by atoms with Gasteiger partial charge in [0.15, 0.2) is 0 Å². The number of benzene rings is 3. The second-order valence-corrected chi connectivity index (χ2v) is 5.72. The molecule has 0 atom stereocenters. The largest absolute Gasteiger partial charge is 0.234 e. The number of nitrogens with zero attached hydrogens (tertiary/aromatic N) is 2. The van der Waals surface area contributed by atoms with E-state index in [2.05, 4.69) is 5.10 Å². The maximum Gasteiger partial charge on any atom is 0.0652 e. The first kappa shape index (κ1) is 15.6. The van der Waals surface area contributed by atoms with Crippen molar-refractivity contribution in [1.29, 1.82) is 0 Å². The Morgan fingerprint density at radius 3 is 1.78 bits per heavy atom. The number of hydrogen-bond donors (Lipinski definition) is 0. The molecule has 0 spiro atoms. The molecule has 0 radical (unpaired) electrons. The van der Waals surface area contributed by atoms with Crippen LogP contribution >= 0.6 is 23.2 Å². The fourth-order valence-electron chi connectivity index (χ4n) is 2.14. The van der Waals surface area contributed by atoms with Gasteiger partial charge in [0, 0.05) is 0 Å². The first-order chi connectivity index (χ1) is 11.2. The van der Waals surface area contributed by atoms with Crippen molar-refractivity contribution in [3.8, 4) is 0 Å². The Kier molecular flexibility index (Phi) is 4.96. The van der Waals surface area contributed by atoms with Crippen molar-refractivity contribution in [1.82, 2.24) is 0 Å². The van der Waals surface area contributed by atoms with Crippen molar-refractivity contribution in [3.63, 3.8) is 0 Å². The second-order valence-electron chi connectivity index (χ2n) is 4.90. The Balaban J connectivity index is 1.96. The standard InChI is InChI=1S/C19H14Cl2N2/c20-18-12-11-15(13-19(18)21)14-22-23(16-7-3-1-4-8-16)17-9-5-2-6-10-17/h1-14H/b22-14+. The number of halogens is 2. The lowest BCUT2D eigenvalue weighted by Gasteiger charge is -2.19. The van der Waals surface area contributed by atoms with Crippen LogP contribution in [0.3, 0.4) is 0 Å². The van der Waals surface area contributed by atoms with Gasteiger partial charge in [0.25, 0.3) is 0 Å². The molecule has 4 heteroatoms. The van der Waals surface area contributed by atoms with Crippen LogP contribution in [-0.2, 0) is 0 Å². The number of anilines is 2. The zero-order valence-corrected chi connectivity index (χ0v) is 13.7. The summed E-state index contributed by atoms with van der Waals surface area (Å²) in [7, 11) is 0. The minimum atomic E-state index is 0.515. The average Bonchev–Trinajstić information content (AvgIpc) is 2.60. The maximum atomic E-state index is 6.06. The third-order valence-electron chi connectivity index (χ3n) is 3.27. The Morgan fingerprint density at radius 1 is 0.696 bits per heavy atom. The minimum Gasteiger partial charge on any atom is -0.234 e. The zero-order chi connectivity index (χ0) is 16.1. The number of hydrogen-bond acceptors (Lipinski definition) is 2. The molecular formula is C19H14Cl2N2. The van der Waals surface area contributed by atoms with E-state index in [0.717, 1.165) is 16.9 Å². The van der Waals surface area contributed by atoms with Gasteiger partial charge in [-0.05, 0) is 42.0 Å². The molecule has 0 aliphatic heterocycles. The summed E-state index contributed by atoms with van der Waals surface area (Å²) in [4.78, 5) is 0. The van der Waals surface area contributed by atoms with Crippen molar-refractivity contribution in [2.24, 2.45) is 5.10 Å². The van der Waals surface area contributed by atoms with Crippen LogP contribution in [0.5, 0.6) is 0 Å². The molecule has 0 saturated carbocycles. The van der Waals surface area contributed by atoms with E-state index in [1.165, 1.54) is 0 Å². The highest BCUT2D eigenvalue weighted by atomic mass is 35.5. The van der Waals surface area contributed by atoms with Crippen molar-refractivity contribution >= 4 is 40.8 Å². The molecule has 0 N–H and O–H groups in total. The monoisotopic (exact) mass is 340 g/mol. The Labute approximate surface area is 145 Å². The molecular weight excluding hydrogens is 327 g/mol. The molecule has 2 nitrogen and oxygen atoms in total. The van der Waals surface area contributed by atoms with E-state index in [0.29, 0.717) is 10.0 Å². The van der Waals surface area contributed by atoms with Gasteiger partial charge in [-0.25, -0.2) is 5.01 Å². The summed E-state index contributed by atoms with van der Waals surface area (Å²) in [6.45, 7) is 0. The first-order valence-electron chi connectivity index (χ1n) is 7.13. The molecule has 0 fully saturated rings. The molecule has 3 aromatic carbocycles. The van der Waals surface area contributed by atoms with Crippen LogP contribution in [-0.4, -0.2) is 6.21 Å². The van der Waals surface area contributed by atoms with Gasteiger partial charge >= 0.3 is 0 Å². The lowest BCUT2D eigenvalue weighted by molar-refractivity contribution is 1.09. The van der Waals surface area contributed by atoms with Crippen molar-refractivity contribution in [3.05, 3.63) is 94.5 Å². The highest BCUT2D eigenvalue weighted by molar-refractivity contribution is 6.42. The van der Waals surface area contributed by atoms with Crippen molar-refractivity contribution in [2.75, 3.05) is 5.01 Å². The van der Waals surface area contributed by atoms with Gasteiger partial charge in [-0.15, -0.1) is 0 Å². The zero-order valence-electron chi connectivity index (χ0n) is 12.2. The van der Waals surface area contributed by atoms with E-state index in [1.807, 2.05) is 71.7 Å². The average molecular weight is 341 g/mol. The van der Waals surface area contributed by atoms with E-state index in [1.54, 1.807) is 18.3 Å². The van der Waals surface area contributed by atoms with Gasteiger partial charge in [-0.3, -0.25) is 0 Å². The topological polar surface area (TPSA) is 15.6 Å². The first-order valence-corrected chi connectivity index (χ1v) is 7.89. The number of para-hydroxylation sites is 2. The summed E-state index contributed by atoms with van der Waals surface area (Å²) in [6, 6.07) is 25.4. The molecule has 23 heavy (non-hydrogen) atoms. The predicted molar refractivity (Wildman–Crippen MR) is 99.1 cm³/mol. The summed E-state index contributed by atoms with van der Waals surface area (Å²) in [6.07, 6.45) is 1.77. The van der Waals surface area contributed by atoms with Gasteiger partial charge in [0.1, 0.15) is 0 Å². The summed E-state index contributed by atoms with van der Waals surface area (Å²) >= 11 is 12.0. The normalized spacial score (nSPS) is 10.9. The van der Waals surface area contributed by atoms with Gasteiger partial charge in [-0.1, -0.05) is 65.7 Å². The van der Waals surface area contributed by atoms with Crippen molar-refractivity contribution in [2.45, 2.75) is 0 Å². The Hall–Kier alpha value is -2.29. The summed E-state index contributed by atoms with van der Waals surface area (Å²) in [5.74, 6) is 0. The predicted octanol–water partition coefficient (Wildman–Crippen LogP) is 6.17. The fourth-order valence-corrected chi connectivity index (χ4v) is 2.44. The van der Waals surface area contributed by atoms with Gasteiger partial charge in [0.2, 0.25) is 0 Å². The van der Waals surface area contributed by atoms with Crippen LogP contribution in [0.2, 0.25) is 10.0 Å². The van der Waals surface area contributed by atoms with Gasteiger partial charge in [0.05, 0.1) is 27.6 Å². The van der Waals surface area contributed by atoms with E-state index < -0.39 is 0 Å². The molecule has 0 amide bonds. The lowest BCUT2D eigenvalue weighted by Crippen LogP contribution is -2.09. The number of hydrazone groups is 1. The minimum absolute atomic E-state index is 0.515. The van der Waals surface area contributed by atoms with Crippen LogP contribution in [0.15, 0.2) is 84.0 Å². The van der Waals surface area contributed by atoms with Crippen LogP contribution in [0.25, 0.3) is 0 Å². The van der Waals surface area contributed by atoms with Crippen LogP contribution in [0, 0.1) is 0 Å². The molecule has 0 aromatic heterocycles. The molecule has 0 aliphatic rings. The van der Waals surface area contributed by atoms with E-state index in [-0.39, 0.29) is 0 Å². The highest BCUT2D eigenvalue weighted by Crippen LogP contribution is 2.26. The van der Waals surface area contributed by atoms with Crippen LogP contribution in [0.4, 0.5) is 11.4 Å². The fraction of sp³-hybridized carbons (Fsp3) is 0. The molecule has 0 aliphatic carbocycles. The summed E-state index contributed by atoms with van der Waals surface area (Å²) < 4.78 is 0. The third kappa shape index (κ3) is 3.92. The Bertz CT molecular complexity index is 763. The van der Waals surface area contributed by atoms with E-state index in [9.17, 15) is 0 Å². The smallest absolute Gasteiger partial charge is 0.0652 e. The van der Waals surface area contributed by atoms with Gasteiger partial charge in [-0.2, -0.15) is 5.10 Å².